The lowest BCUT2D eigenvalue weighted by Crippen LogP contribution is -2.02. The lowest BCUT2D eigenvalue weighted by Gasteiger charge is -2.09. The van der Waals surface area contributed by atoms with Crippen LogP contribution in [0.2, 0.25) is 0 Å². The first-order chi connectivity index (χ1) is 12.5. The zero-order valence-corrected chi connectivity index (χ0v) is 14.5. The molecule has 3 aromatic rings. The molecule has 0 aliphatic carbocycles. The van der Waals surface area contributed by atoms with Gasteiger partial charge in [0.05, 0.1) is 24.2 Å². The first-order valence-corrected chi connectivity index (χ1v) is 8.48. The molecule has 0 fully saturated rings. The molecule has 0 saturated heterocycles. The number of aromatic carboxylic acids is 1. The lowest BCUT2D eigenvalue weighted by molar-refractivity contribution is 0.0698. The fourth-order valence-electron chi connectivity index (χ4n) is 2.94. The smallest absolute Gasteiger partial charge is 0.336 e. The molecule has 0 atom stereocenters. The maximum Gasteiger partial charge on any atom is 0.336 e. The Hall–Kier alpha value is -3.09. The highest BCUT2D eigenvalue weighted by molar-refractivity contribution is 6.06. The fourth-order valence-corrected chi connectivity index (χ4v) is 2.94. The molecule has 1 N–H and O–H groups in total. The zero-order chi connectivity index (χ0) is 18.3. The number of carbonyl (C=O) groups is 1. The molecular weight excluding hydrogens is 336 g/mol. The minimum absolute atomic E-state index is 0.0732. The van der Waals surface area contributed by atoms with E-state index in [0.717, 1.165) is 6.42 Å². The van der Waals surface area contributed by atoms with Gasteiger partial charge in [0.25, 0.3) is 5.71 Å². The van der Waals surface area contributed by atoms with Gasteiger partial charge in [0.15, 0.2) is 11.5 Å². The molecule has 0 radical (unpaired) electrons. The van der Waals surface area contributed by atoms with Crippen LogP contribution in [0.4, 0.5) is 0 Å². The highest BCUT2D eigenvalue weighted by Crippen LogP contribution is 2.37. The van der Waals surface area contributed by atoms with Gasteiger partial charge in [0.2, 0.25) is 0 Å². The molecule has 7 heteroatoms. The number of hydrogen-bond donors (Lipinski definition) is 1. The number of carboxylic acids is 1. The molecular formula is C19H18N2O5. The van der Waals surface area contributed by atoms with Crippen molar-refractivity contribution in [3.8, 4) is 22.8 Å². The van der Waals surface area contributed by atoms with Gasteiger partial charge in [-0.2, -0.15) is 0 Å². The Labute approximate surface area is 149 Å². The number of ether oxygens (including phenoxy) is 2. The number of hydrogen-bond acceptors (Lipinski definition) is 6. The van der Waals surface area contributed by atoms with Crippen LogP contribution in [0.15, 0.2) is 28.8 Å². The third-order valence-electron chi connectivity index (χ3n) is 4.31. The average Bonchev–Trinajstić information content (AvgIpc) is 2.91. The summed E-state index contributed by atoms with van der Waals surface area (Å²) in [4.78, 5) is 16.2. The minimum atomic E-state index is -1.04. The van der Waals surface area contributed by atoms with E-state index in [9.17, 15) is 9.90 Å². The van der Waals surface area contributed by atoms with E-state index >= 15 is 0 Å². The van der Waals surface area contributed by atoms with Gasteiger partial charge in [-0.05, 0) is 30.2 Å². The largest absolute Gasteiger partial charge is 0.490 e. The number of aromatic nitrogens is 2. The molecule has 0 bridgehead atoms. The second kappa shape index (κ2) is 6.33. The van der Waals surface area contributed by atoms with Gasteiger partial charge in [-0.3, -0.25) is 0 Å². The van der Waals surface area contributed by atoms with Crippen molar-refractivity contribution in [1.29, 1.82) is 0 Å². The van der Waals surface area contributed by atoms with Gasteiger partial charge in [0, 0.05) is 17.7 Å². The van der Waals surface area contributed by atoms with Gasteiger partial charge >= 0.3 is 5.97 Å². The Bertz CT molecular complexity index is 993. The van der Waals surface area contributed by atoms with E-state index in [0.29, 0.717) is 47.1 Å². The normalized spacial score (nSPS) is 13.8. The summed E-state index contributed by atoms with van der Waals surface area (Å²) in [7, 11) is 0. The number of fused-ring (bicyclic) bond motifs is 2. The van der Waals surface area contributed by atoms with Crippen molar-refractivity contribution in [1.82, 2.24) is 10.1 Å². The molecule has 1 aliphatic rings. The van der Waals surface area contributed by atoms with Crippen LogP contribution >= 0.6 is 0 Å². The Morgan fingerprint density at radius 1 is 1.15 bits per heavy atom. The van der Waals surface area contributed by atoms with Crippen LogP contribution in [0, 0.1) is 0 Å². The van der Waals surface area contributed by atoms with Gasteiger partial charge in [-0.15, -0.1) is 0 Å². The molecule has 0 amide bonds. The molecule has 0 unspecified atom stereocenters. The maximum atomic E-state index is 11.8. The molecule has 1 aromatic carbocycles. The summed E-state index contributed by atoms with van der Waals surface area (Å²) >= 11 is 0. The molecule has 0 saturated carbocycles. The fraction of sp³-hybridized carbons (Fsp3) is 0.316. The van der Waals surface area contributed by atoms with Crippen molar-refractivity contribution in [3.05, 3.63) is 35.5 Å². The second-order valence-corrected chi connectivity index (χ2v) is 6.48. The van der Waals surface area contributed by atoms with Crippen LogP contribution in [0.5, 0.6) is 11.5 Å². The van der Waals surface area contributed by atoms with Crippen molar-refractivity contribution >= 4 is 17.1 Å². The van der Waals surface area contributed by atoms with E-state index < -0.39 is 5.97 Å². The number of pyridine rings is 1. The summed E-state index contributed by atoms with van der Waals surface area (Å²) in [6.07, 6.45) is 0.808. The molecule has 134 valence electrons. The van der Waals surface area contributed by atoms with E-state index in [2.05, 4.69) is 10.1 Å². The van der Waals surface area contributed by atoms with E-state index in [1.807, 2.05) is 19.9 Å². The predicted molar refractivity (Wildman–Crippen MR) is 93.9 cm³/mol. The highest BCUT2D eigenvalue weighted by atomic mass is 16.5. The first kappa shape index (κ1) is 16.4. The van der Waals surface area contributed by atoms with Crippen molar-refractivity contribution in [3.63, 3.8) is 0 Å². The van der Waals surface area contributed by atoms with Gasteiger partial charge in [-0.1, -0.05) is 19.0 Å². The standard InChI is InChI=1S/C19H18N2O5/c1-10(2)13-9-12(19(22)23)16-17(21-26-18(16)20-13)11-4-5-14-15(8-11)25-7-3-6-24-14/h4-5,8-10H,3,6-7H2,1-2H3,(H,22,23). The van der Waals surface area contributed by atoms with Crippen LogP contribution in [-0.2, 0) is 0 Å². The molecule has 2 aromatic heterocycles. The molecule has 26 heavy (non-hydrogen) atoms. The predicted octanol–water partition coefficient (Wildman–Crippen LogP) is 3.87. The van der Waals surface area contributed by atoms with E-state index in [4.69, 9.17) is 14.0 Å². The molecule has 1 aliphatic heterocycles. The van der Waals surface area contributed by atoms with Crippen LogP contribution in [-0.4, -0.2) is 34.4 Å². The Morgan fingerprint density at radius 3 is 2.65 bits per heavy atom. The monoisotopic (exact) mass is 354 g/mol. The van der Waals surface area contributed by atoms with Crippen LogP contribution in [0.25, 0.3) is 22.4 Å². The van der Waals surface area contributed by atoms with E-state index in [1.54, 1.807) is 18.2 Å². The topological polar surface area (TPSA) is 94.7 Å². The number of nitrogens with zero attached hydrogens (tertiary/aromatic N) is 2. The van der Waals surface area contributed by atoms with E-state index in [1.165, 1.54) is 0 Å². The summed E-state index contributed by atoms with van der Waals surface area (Å²) in [6.45, 7) is 5.06. The highest BCUT2D eigenvalue weighted by Gasteiger charge is 2.23. The van der Waals surface area contributed by atoms with Crippen LogP contribution in [0.3, 0.4) is 0 Å². The summed E-state index contributed by atoms with van der Waals surface area (Å²) < 4.78 is 16.7. The van der Waals surface area contributed by atoms with Gasteiger partial charge in [-0.25, -0.2) is 9.78 Å². The minimum Gasteiger partial charge on any atom is -0.490 e. The van der Waals surface area contributed by atoms with Crippen molar-refractivity contribution < 1.29 is 23.9 Å². The van der Waals surface area contributed by atoms with E-state index in [-0.39, 0.29) is 17.2 Å². The second-order valence-electron chi connectivity index (χ2n) is 6.48. The van der Waals surface area contributed by atoms with Crippen molar-refractivity contribution in [2.24, 2.45) is 0 Å². The summed E-state index contributed by atoms with van der Waals surface area (Å²) in [5.74, 6) is 0.305. The van der Waals surface area contributed by atoms with Crippen LogP contribution < -0.4 is 9.47 Å². The Balaban J connectivity index is 1.90. The average molecular weight is 354 g/mol. The quantitative estimate of drug-likeness (QED) is 0.763. The number of benzene rings is 1. The van der Waals surface area contributed by atoms with Crippen molar-refractivity contribution in [2.75, 3.05) is 13.2 Å². The number of carboxylic acid groups (broad SMARTS) is 1. The summed E-state index contributed by atoms with van der Waals surface area (Å²) in [6, 6.07) is 6.98. The Morgan fingerprint density at radius 2 is 1.92 bits per heavy atom. The Kier molecular flexibility index (Phi) is 3.99. The first-order valence-electron chi connectivity index (χ1n) is 8.48. The molecule has 4 rings (SSSR count). The molecule has 3 heterocycles. The maximum absolute atomic E-state index is 11.8. The zero-order valence-electron chi connectivity index (χ0n) is 14.5. The lowest BCUT2D eigenvalue weighted by atomic mass is 10.0. The van der Waals surface area contributed by atoms with Crippen LogP contribution in [0.1, 0.15) is 42.2 Å². The van der Waals surface area contributed by atoms with Gasteiger partial charge in [0.1, 0.15) is 5.69 Å². The molecule has 7 nitrogen and oxygen atoms in total. The third-order valence-corrected chi connectivity index (χ3v) is 4.31. The SMILES string of the molecule is CC(C)c1cc(C(=O)O)c2c(-c3ccc4c(c3)OCCCO4)noc2n1. The third kappa shape index (κ3) is 2.75. The number of rotatable bonds is 3. The molecule has 0 spiro atoms. The summed E-state index contributed by atoms with van der Waals surface area (Å²) in [5, 5.41) is 14.1. The van der Waals surface area contributed by atoms with Crippen molar-refractivity contribution in [2.45, 2.75) is 26.2 Å². The van der Waals surface area contributed by atoms with Gasteiger partial charge < -0.3 is 19.1 Å². The summed E-state index contributed by atoms with van der Waals surface area (Å²) in [5.41, 5.74) is 2.11.